The van der Waals surface area contributed by atoms with Crippen LogP contribution < -0.4 is 5.32 Å². The van der Waals surface area contributed by atoms with Gasteiger partial charge in [-0.15, -0.1) is 16.8 Å². The van der Waals surface area contributed by atoms with E-state index in [0.29, 0.717) is 18.2 Å². The summed E-state index contributed by atoms with van der Waals surface area (Å²) in [5, 5.41) is 12.5. The number of thioether (sulfide) groups is 1. The van der Waals surface area contributed by atoms with E-state index in [1.165, 1.54) is 43.9 Å². The lowest BCUT2D eigenvalue weighted by Crippen LogP contribution is -2.16. The highest BCUT2D eigenvalue weighted by Gasteiger charge is 2.19. The van der Waals surface area contributed by atoms with E-state index in [1.54, 1.807) is 18.3 Å². The van der Waals surface area contributed by atoms with E-state index in [9.17, 15) is 4.79 Å². The van der Waals surface area contributed by atoms with Crippen molar-refractivity contribution in [2.75, 3.05) is 11.1 Å². The van der Waals surface area contributed by atoms with Gasteiger partial charge in [-0.3, -0.25) is 4.79 Å². The summed E-state index contributed by atoms with van der Waals surface area (Å²) < 4.78 is 2.07. The topological polar surface area (TPSA) is 72.7 Å². The highest BCUT2D eigenvalue weighted by molar-refractivity contribution is 7.99. The molecule has 1 fully saturated rings. The van der Waals surface area contributed by atoms with Crippen LogP contribution in [0.15, 0.2) is 36.1 Å². The first kappa shape index (κ1) is 19.9. The van der Waals surface area contributed by atoms with E-state index in [2.05, 4.69) is 31.6 Å². The molecular formula is C19H24ClN5OS. The minimum Gasteiger partial charge on any atom is -0.323 e. The first-order valence-corrected chi connectivity index (χ1v) is 10.6. The molecule has 8 heteroatoms. The molecule has 2 aromatic heterocycles. The van der Waals surface area contributed by atoms with E-state index in [0.717, 1.165) is 17.4 Å². The van der Waals surface area contributed by atoms with Crippen LogP contribution in [-0.2, 0) is 17.8 Å². The number of carbonyl (C=O) groups is 1. The standard InChI is InChI=1S/C19H24ClN5OS/c1-2-11-25-16(12-14-7-4-3-5-8-14)23-24-19(25)27-13-17(26)22-15-9-6-10-21-18(15)20/h2,6,9-10,14H,1,3-5,7-8,11-13H2,(H,22,26). The lowest BCUT2D eigenvalue weighted by molar-refractivity contribution is -0.113. The summed E-state index contributed by atoms with van der Waals surface area (Å²) in [4.78, 5) is 16.2. The van der Waals surface area contributed by atoms with Crippen LogP contribution in [0.2, 0.25) is 5.15 Å². The fraction of sp³-hybridized carbons (Fsp3) is 0.474. The summed E-state index contributed by atoms with van der Waals surface area (Å²) in [6.45, 7) is 4.49. The first-order chi connectivity index (χ1) is 13.2. The van der Waals surface area contributed by atoms with Crippen LogP contribution >= 0.6 is 23.4 Å². The van der Waals surface area contributed by atoms with Crippen molar-refractivity contribution in [3.05, 3.63) is 42.0 Å². The molecule has 144 valence electrons. The molecule has 1 aliphatic rings. The van der Waals surface area contributed by atoms with Gasteiger partial charge in [0, 0.05) is 19.2 Å². The predicted octanol–water partition coefficient (Wildman–Crippen LogP) is 4.37. The van der Waals surface area contributed by atoms with E-state index >= 15 is 0 Å². The zero-order chi connectivity index (χ0) is 19.1. The lowest BCUT2D eigenvalue weighted by atomic mass is 9.87. The third-order valence-corrected chi connectivity index (χ3v) is 5.93. The molecule has 0 saturated heterocycles. The molecule has 27 heavy (non-hydrogen) atoms. The maximum absolute atomic E-state index is 12.2. The monoisotopic (exact) mass is 405 g/mol. The van der Waals surface area contributed by atoms with Crippen molar-refractivity contribution in [2.45, 2.75) is 50.2 Å². The Morgan fingerprint density at radius 2 is 2.19 bits per heavy atom. The number of nitrogens with zero attached hydrogens (tertiary/aromatic N) is 4. The van der Waals surface area contributed by atoms with Crippen molar-refractivity contribution in [1.82, 2.24) is 19.7 Å². The number of amides is 1. The number of aromatic nitrogens is 4. The lowest BCUT2D eigenvalue weighted by Gasteiger charge is -2.21. The molecule has 0 spiro atoms. The van der Waals surface area contributed by atoms with Gasteiger partial charge in [0.25, 0.3) is 0 Å². The predicted molar refractivity (Wildman–Crippen MR) is 109 cm³/mol. The van der Waals surface area contributed by atoms with Gasteiger partial charge in [0.15, 0.2) is 10.3 Å². The number of anilines is 1. The van der Waals surface area contributed by atoms with Crippen LogP contribution in [0.5, 0.6) is 0 Å². The van der Waals surface area contributed by atoms with Gasteiger partial charge in [0.05, 0.1) is 11.4 Å². The number of nitrogens with one attached hydrogen (secondary N) is 1. The molecule has 0 aromatic carbocycles. The maximum atomic E-state index is 12.2. The number of rotatable bonds is 8. The fourth-order valence-electron chi connectivity index (χ4n) is 3.33. The number of pyridine rings is 1. The summed E-state index contributed by atoms with van der Waals surface area (Å²) >= 11 is 7.35. The van der Waals surface area contributed by atoms with Crippen LogP contribution in [0.3, 0.4) is 0 Å². The Hall–Kier alpha value is -1.86. The molecule has 2 heterocycles. The van der Waals surface area contributed by atoms with E-state index in [4.69, 9.17) is 11.6 Å². The Morgan fingerprint density at radius 3 is 2.93 bits per heavy atom. The van der Waals surface area contributed by atoms with Crippen molar-refractivity contribution in [1.29, 1.82) is 0 Å². The fourth-order valence-corrected chi connectivity index (χ4v) is 4.27. The highest BCUT2D eigenvalue weighted by Crippen LogP contribution is 2.28. The van der Waals surface area contributed by atoms with Crippen LogP contribution in [0.25, 0.3) is 0 Å². The summed E-state index contributed by atoms with van der Waals surface area (Å²) in [6, 6.07) is 3.45. The van der Waals surface area contributed by atoms with Gasteiger partial charge in [-0.1, -0.05) is 61.5 Å². The second-order valence-corrected chi connectivity index (χ2v) is 7.99. The van der Waals surface area contributed by atoms with Crippen molar-refractivity contribution in [3.63, 3.8) is 0 Å². The van der Waals surface area contributed by atoms with Gasteiger partial charge in [-0.2, -0.15) is 0 Å². The zero-order valence-electron chi connectivity index (χ0n) is 15.2. The van der Waals surface area contributed by atoms with Crippen LogP contribution in [-0.4, -0.2) is 31.4 Å². The molecule has 1 N–H and O–H groups in total. The Morgan fingerprint density at radius 1 is 1.37 bits per heavy atom. The number of carbonyl (C=O) groups excluding carboxylic acids is 1. The molecule has 1 saturated carbocycles. The minimum absolute atomic E-state index is 0.156. The van der Waals surface area contributed by atoms with Gasteiger partial charge >= 0.3 is 0 Å². The molecule has 0 atom stereocenters. The highest BCUT2D eigenvalue weighted by atomic mass is 35.5. The summed E-state index contributed by atoms with van der Waals surface area (Å²) in [7, 11) is 0. The third-order valence-electron chi connectivity index (χ3n) is 4.67. The van der Waals surface area contributed by atoms with Gasteiger partial charge in [-0.25, -0.2) is 4.98 Å². The molecule has 6 nitrogen and oxygen atoms in total. The Kier molecular flexibility index (Phi) is 7.29. The number of hydrogen-bond donors (Lipinski definition) is 1. The number of allylic oxidation sites excluding steroid dienone is 1. The Bertz CT molecular complexity index is 788. The second-order valence-electron chi connectivity index (χ2n) is 6.68. The molecular weight excluding hydrogens is 382 g/mol. The Labute approximate surface area is 168 Å². The quantitative estimate of drug-likeness (QED) is 0.401. The molecule has 0 bridgehead atoms. The number of hydrogen-bond acceptors (Lipinski definition) is 5. The molecule has 0 aliphatic heterocycles. The molecule has 1 aliphatic carbocycles. The van der Waals surface area contributed by atoms with E-state index in [1.807, 2.05) is 6.08 Å². The van der Waals surface area contributed by atoms with Gasteiger partial charge in [0.2, 0.25) is 5.91 Å². The molecule has 1 amide bonds. The number of halogens is 1. The normalized spacial score (nSPS) is 14.9. The van der Waals surface area contributed by atoms with Crippen LogP contribution in [0.1, 0.15) is 37.9 Å². The van der Waals surface area contributed by atoms with Crippen molar-refractivity contribution >= 4 is 35.0 Å². The largest absolute Gasteiger partial charge is 0.323 e. The van der Waals surface area contributed by atoms with Crippen molar-refractivity contribution in [3.8, 4) is 0 Å². The Balaban J connectivity index is 1.61. The zero-order valence-corrected chi connectivity index (χ0v) is 16.8. The van der Waals surface area contributed by atoms with E-state index < -0.39 is 0 Å². The molecule has 2 aromatic rings. The smallest absolute Gasteiger partial charge is 0.234 e. The maximum Gasteiger partial charge on any atom is 0.234 e. The average molecular weight is 406 g/mol. The summed E-state index contributed by atoms with van der Waals surface area (Å²) in [6.07, 6.45) is 10.8. The molecule has 0 unspecified atom stereocenters. The van der Waals surface area contributed by atoms with Crippen LogP contribution in [0.4, 0.5) is 5.69 Å². The minimum atomic E-state index is -0.156. The van der Waals surface area contributed by atoms with Gasteiger partial charge in [-0.05, 0) is 18.1 Å². The molecule has 3 rings (SSSR count). The summed E-state index contributed by atoms with van der Waals surface area (Å²) in [5.41, 5.74) is 0.510. The van der Waals surface area contributed by atoms with Gasteiger partial charge < -0.3 is 9.88 Å². The second kappa shape index (κ2) is 9.90. The van der Waals surface area contributed by atoms with Crippen LogP contribution in [0, 0.1) is 5.92 Å². The van der Waals surface area contributed by atoms with Crippen molar-refractivity contribution in [2.24, 2.45) is 5.92 Å². The SMILES string of the molecule is C=CCn1c(CC2CCCCC2)nnc1SCC(=O)Nc1cccnc1Cl. The van der Waals surface area contributed by atoms with Gasteiger partial charge in [0.1, 0.15) is 5.82 Å². The van der Waals surface area contributed by atoms with E-state index in [-0.39, 0.29) is 16.8 Å². The third kappa shape index (κ3) is 5.56. The first-order valence-electron chi connectivity index (χ1n) is 9.23. The molecule has 0 radical (unpaired) electrons. The van der Waals surface area contributed by atoms with Crippen molar-refractivity contribution < 1.29 is 4.79 Å². The summed E-state index contributed by atoms with van der Waals surface area (Å²) in [5.74, 6) is 1.74. The average Bonchev–Trinajstić information content (AvgIpc) is 3.05.